The average molecular weight is 378 g/mol. The second-order valence-corrected chi connectivity index (χ2v) is 7.67. The molecule has 1 fully saturated rings. The molecule has 2 aromatic carbocycles. The van der Waals surface area contributed by atoms with E-state index in [1.165, 1.54) is 0 Å². The van der Waals surface area contributed by atoms with Gasteiger partial charge in [-0.05, 0) is 53.0 Å². The summed E-state index contributed by atoms with van der Waals surface area (Å²) < 4.78 is 22.2. The lowest BCUT2D eigenvalue weighted by Crippen LogP contribution is -2.54. The van der Waals surface area contributed by atoms with E-state index in [2.05, 4.69) is 0 Å². The Hall–Kier alpha value is -1.61. The standard InChI is InChI=1S/C19H22O6S/c1-26(23)15-8-4-13(5-9-15)10-12-2-6-14(7-3-12)25-19-18(22)17(21)16(20)11-24-19/h2-9,16-22H,10-11H2,1H3/t16-,17+,18-,19-,26?/m1/s1. The number of aliphatic hydroxyl groups is 3. The molecule has 3 N–H and O–H groups in total. The molecule has 0 aromatic heterocycles. The average Bonchev–Trinajstić information content (AvgIpc) is 2.64. The molecule has 1 aliphatic heterocycles. The predicted molar refractivity (Wildman–Crippen MR) is 96.4 cm³/mol. The van der Waals surface area contributed by atoms with E-state index in [9.17, 15) is 19.9 Å². The Balaban J connectivity index is 1.60. The molecule has 1 aliphatic rings. The summed E-state index contributed by atoms with van der Waals surface area (Å²) in [7, 11) is 0. The number of hydrogen-bond donors (Lipinski definition) is 3. The van der Waals surface area contributed by atoms with Gasteiger partial charge in [0.05, 0.1) is 6.61 Å². The van der Waals surface area contributed by atoms with Crippen molar-refractivity contribution in [3.8, 4) is 5.75 Å². The highest BCUT2D eigenvalue weighted by Gasteiger charge is 2.38. The first-order valence-corrected chi connectivity index (χ1v) is 9.83. The molecule has 5 atom stereocenters. The van der Waals surface area contributed by atoms with Crippen molar-refractivity contribution in [2.45, 2.75) is 35.9 Å². The van der Waals surface area contributed by atoms with Crippen molar-refractivity contribution in [2.24, 2.45) is 0 Å². The molecule has 1 heterocycles. The fourth-order valence-corrected chi connectivity index (χ4v) is 3.26. The molecule has 7 heteroatoms. The predicted octanol–water partition coefficient (Wildman–Crippen LogP) is 0.833. The maximum atomic E-state index is 11.4. The van der Waals surface area contributed by atoms with E-state index in [0.717, 1.165) is 22.4 Å². The largest absolute Gasteiger partial charge is 0.612 e. The summed E-state index contributed by atoms with van der Waals surface area (Å²) in [5.41, 5.74) is 2.18. The topological polar surface area (TPSA) is 102 Å². The summed E-state index contributed by atoms with van der Waals surface area (Å²) in [4.78, 5) is 0.802. The van der Waals surface area contributed by atoms with E-state index in [1.807, 2.05) is 36.4 Å². The van der Waals surface area contributed by atoms with E-state index in [4.69, 9.17) is 9.47 Å². The molecule has 1 unspecified atom stereocenters. The highest BCUT2D eigenvalue weighted by molar-refractivity contribution is 7.90. The maximum Gasteiger partial charge on any atom is 0.228 e. The lowest BCUT2D eigenvalue weighted by atomic mass is 10.0. The SMILES string of the molecule is C[S+]([O-])c1ccc(Cc2ccc(O[C@H]3OC[C@@H](O)[C@H](O)[C@H]3O)cc2)cc1. The molecule has 0 saturated carbocycles. The third-order valence-electron chi connectivity index (χ3n) is 4.29. The zero-order valence-electron chi connectivity index (χ0n) is 14.3. The van der Waals surface area contributed by atoms with Crippen molar-refractivity contribution in [3.63, 3.8) is 0 Å². The number of aliphatic hydroxyl groups excluding tert-OH is 3. The summed E-state index contributed by atoms with van der Waals surface area (Å²) in [5.74, 6) is 0.498. The van der Waals surface area contributed by atoms with Crippen molar-refractivity contribution in [1.29, 1.82) is 0 Å². The highest BCUT2D eigenvalue weighted by Crippen LogP contribution is 2.22. The van der Waals surface area contributed by atoms with Crippen LogP contribution in [-0.4, -0.2) is 57.3 Å². The zero-order chi connectivity index (χ0) is 18.7. The van der Waals surface area contributed by atoms with Crippen molar-refractivity contribution in [2.75, 3.05) is 12.9 Å². The van der Waals surface area contributed by atoms with E-state index < -0.39 is 35.8 Å². The third-order valence-corrected chi connectivity index (χ3v) is 5.23. The van der Waals surface area contributed by atoms with Gasteiger partial charge in [-0.2, -0.15) is 0 Å². The molecule has 1 saturated heterocycles. The van der Waals surface area contributed by atoms with Crippen LogP contribution >= 0.6 is 0 Å². The highest BCUT2D eigenvalue weighted by atomic mass is 32.2. The second-order valence-electron chi connectivity index (χ2n) is 6.29. The van der Waals surface area contributed by atoms with Gasteiger partial charge in [0.25, 0.3) is 0 Å². The molecule has 0 radical (unpaired) electrons. The molecule has 0 bridgehead atoms. The van der Waals surface area contributed by atoms with Crippen LogP contribution in [0.4, 0.5) is 0 Å². The summed E-state index contributed by atoms with van der Waals surface area (Å²) in [6.45, 7) is -0.0977. The van der Waals surface area contributed by atoms with Crippen LogP contribution in [0.3, 0.4) is 0 Å². The van der Waals surface area contributed by atoms with Crippen LogP contribution < -0.4 is 4.74 Å². The molecule has 6 nitrogen and oxygen atoms in total. The first-order chi connectivity index (χ1) is 12.4. The molecule has 3 rings (SSSR count). The number of hydrogen-bond acceptors (Lipinski definition) is 6. The number of ether oxygens (including phenoxy) is 2. The van der Waals surface area contributed by atoms with Gasteiger partial charge in [0.1, 0.15) is 30.3 Å². The fourth-order valence-electron chi connectivity index (χ4n) is 2.74. The molecule has 0 amide bonds. The van der Waals surface area contributed by atoms with E-state index in [0.29, 0.717) is 5.75 Å². The maximum absolute atomic E-state index is 11.4. The summed E-state index contributed by atoms with van der Waals surface area (Å²) in [6.07, 6.45) is -2.38. The molecule has 26 heavy (non-hydrogen) atoms. The van der Waals surface area contributed by atoms with Gasteiger partial charge in [-0.1, -0.05) is 24.3 Å². The van der Waals surface area contributed by atoms with Crippen LogP contribution in [0, 0.1) is 0 Å². The lowest BCUT2D eigenvalue weighted by Gasteiger charge is -2.34. The van der Waals surface area contributed by atoms with Gasteiger partial charge in [0.15, 0.2) is 4.90 Å². The smallest absolute Gasteiger partial charge is 0.228 e. The van der Waals surface area contributed by atoms with Crippen molar-refractivity contribution < 1.29 is 29.3 Å². The Morgan fingerprint density at radius 3 is 2.15 bits per heavy atom. The second kappa shape index (κ2) is 8.39. The summed E-state index contributed by atoms with van der Waals surface area (Å²) in [6, 6.07) is 15.0. The van der Waals surface area contributed by atoms with E-state index >= 15 is 0 Å². The minimum atomic E-state index is -1.32. The summed E-state index contributed by atoms with van der Waals surface area (Å²) >= 11 is -0.981. The fraction of sp³-hybridized carbons (Fsp3) is 0.368. The van der Waals surface area contributed by atoms with Crippen LogP contribution in [0.2, 0.25) is 0 Å². The van der Waals surface area contributed by atoms with Crippen LogP contribution in [0.15, 0.2) is 53.4 Å². The zero-order valence-corrected chi connectivity index (χ0v) is 15.1. The Bertz CT molecular complexity index is 703. The number of rotatable bonds is 5. The van der Waals surface area contributed by atoms with Crippen LogP contribution in [-0.2, 0) is 22.3 Å². The van der Waals surface area contributed by atoms with Crippen molar-refractivity contribution in [3.05, 3.63) is 59.7 Å². The Kier molecular flexibility index (Phi) is 6.18. The van der Waals surface area contributed by atoms with E-state index in [-0.39, 0.29) is 6.61 Å². The Morgan fingerprint density at radius 1 is 1.00 bits per heavy atom. The van der Waals surface area contributed by atoms with Gasteiger partial charge in [-0.25, -0.2) is 0 Å². The first-order valence-electron chi connectivity index (χ1n) is 8.28. The van der Waals surface area contributed by atoms with Gasteiger partial charge in [0.2, 0.25) is 6.29 Å². The summed E-state index contributed by atoms with van der Waals surface area (Å²) in [5, 5.41) is 29.0. The van der Waals surface area contributed by atoms with Crippen LogP contribution in [0.1, 0.15) is 11.1 Å². The molecule has 2 aromatic rings. The lowest BCUT2D eigenvalue weighted by molar-refractivity contribution is -0.242. The van der Waals surface area contributed by atoms with E-state index in [1.54, 1.807) is 18.4 Å². The minimum absolute atomic E-state index is 0.0977. The Labute approximate surface area is 155 Å². The van der Waals surface area contributed by atoms with Gasteiger partial charge in [0, 0.05) is 0 Å². The quantitative estimate of drug-likeness (QED) is 0.666. The molecular formula is C19H22O6S. The third kappa shape index (κ3) is 4.56. The molecule has 0 spiro atoms. The first kappa shape index (κ1) is 19.2. The minimum Gasteiger partial charge on any atom is -0.612 e. The van der Waals surface area contributed by atoms with Gasteiger partial charge in [-0.3, -0.25) is 0 Å². The van der Waals surface area contributed by atoms with Gasteiger partial charge >= 0.3 is 0 Å². The van der Waals surface area contributed by atoms with Gasteiger partial charge < -0.3 is 29.3 Å². The molecule has 140 valence electrons. The molecular weight excluding hydrogens is 356 g/mol. The monoisotopic (exact) mass is 378 g/mol. The Morgan fingerprint density at radius 2 is 1.58 bits per heavy atom. The normalized spacial score (nSPS) is 27.1. The van der Waals surface area contributed by atoms with Crippen LogP contribution in [0.5, 0.6) is 5.75 Å². The van der Waals surface area contributed by atoms with Crippen molar-refractivity contribution in [1.82, 2.24) is 0 Å². The van der Waals surface area contributed by atoms with Crippen molar-refractivity contribution >= 4 is 11.2 Å². The van der Waals surface area contributed by atoms with Crippen LogP contribution in [0.25, 0.3) is 0 Å². The number of benzene rings is 2. The molecule has 0 aliphatic carbocycles. The van der Waals surface area contributed by atoms with Gasteiger partial charge in [-0.15, -0.1) is 0 Å².